The summed E-state index contributed by atoms with van der Waals surface area (Å²) in [5.41, 5.74) is 2.14. The summed E-state index contributed by atoms with van der Waals surface area (Å²) < 4.78 is 1.67. The lowest BCUT2D eigenvalue weighted by atomic mass is 9.98. The van der Waals surface area contributed by atoms with E-state index in [1.807, 2.05) is 49.5 Å². The topological polar surface area (TPSA) is 34.9 Å². The Hall–Kier alpha value is -2.42. The van der Waals surface area contributed by atoms with Gasteiger partial charge in [0.25, 0.3) is 5.56 Å². The number of pyridine rings is 2. The monoisotopic (exact) mass is 278 g/mol. The third kappa shape index (κ3) is 2.25. The van der Waals surface area contributed by atoms with Crippen LogP contribution in [-0.2, 0) is 0 Å². The molecule has 0 radical (unpaired) electrons. The highest BCUT2D eigenvalue weighted by atomic mass is 16.1. The molecule has 21 heavy (non-hydrogen) atoms. The number of aromatic nitrogens is 2. The third-order valence-electron chi connectivity index (χ3n) is 3.79. The van der Waals surface area contributed by atoms with Gasteiger partial charge in [-0.15, -0.1) is 0 Å². The number of rotatable bonds is 2. The van der Waals surface area contributed by atoms with Crippen molar-refractivity contribution in [3.63, 3.8) is 0 Å². The second kappa shape index (κ2) is 5.17. The van der Waals surface area contributed by atoms with E-state index in [1.165, 1.54) is 0 Å². The first-order valence-corrected chi connectivity index (χ1v) is 7.16. The summed E-state index contributed by atoms with van der Waals surface area (Å²) in [6, 6.07) is 11.6. The molecule has 0 unspecified atom stereocenters. The first-order valence-electron chi connectivity index (χ1n) is 7.16. The lowest BCUT2D eigenvalue weighted by Crippen LogP contribution is -2.21. The Morgan fingerprint density at radius 2 is 1.76 bits per heavy atom. The molecule has 0 saturated heterocycles. The lowest BCUT2D eigenvalue weighted by Gasteiger charge is -2.15. The van der Waals surface area contributed by atoms with E-state index in [9.17, 15) is 4.79 Å². The summed E-state index contributed by atoms with van der Waals surface area (Å²) >= 11 is 0. The predicted octanol–water partition coefficient (Wildman–Crippen LogP) is 3.82. The molecule has 2 aromatic heterocycles. The molecule has 3 heteroatoms. The van der Waals surface area contributed by atoms with Crippen LogP contribution in [-0.4, -0.2) is 9.55 Å². The minimum absolute atomic E-state index is 0.0169. The van der Waals surface area contributed by atoms with E-state index in [0.29, 0.717) is 11.7 Å². The van der Waals surface area contributed by atoms with E-state index in [1.54, 1.807) is 10.8 Å². The molecule has 0 N–H and O–H groups in total. The molecule has 3 nitrogen and oxygen atoms in total. The average molecular weight is 278 g/mol. The standard InChI is InChI=1S/C18H18N2O/c1-12(2)16-11-20(17-13(3)7-6-10-19-17)18(21)15-9-5-4-8-14(15)16/h4-12H,1-3H3. The average Bonchev–Trinajstić information content (AvgIpc) is 2.48. The van der Waals surface area contributed by atoms with Crippen LogP contribution >= 0.6 is 0 Å². The number of hydrogen-bond donors (Lipinski definition) is 0. The zero-order valence-electron chi connectivity index (χ0n) is 12.5. The van der Waals surface area contributed by atoms with E-state index in [-0.39, 0.29) is 5.56 Å². The molecule has 0 atom stereocenters. The second-order valence-electron chi connectivity index (χ2n) is 5.60. The predicted molar refractivity (Wildman–Crippen MR) is 86.2 cm³/mol. The van der Waals surface area contributed by atoms with Crippen molar-refractivity contribution in [3.05, 3.63) is 70.3 Å². The third-order valence-corrected chi connectivity index (χ3v) is 3.79. The Bertz CT molecular complexity index is 862. The quantitative estimate of drug-likeness (QED) is 0.714. The van der Waals surface area contributed by atoms with Gasteiger partial charge in [0.2, 0.25) is 0 Å². The fourth-order valence-electron chi connectivity index (χ4n) is 2.67. The molecule has 106 valence electrons. The van der Waals surface area contributed by atoms with Crippen LogP contribution < -0.4 is 5.56 Å². The van der Waals surface area contributed by atoms with Crippen LogP contribution in [0.3, 0.4) is 0 Å². The first-order chi connectivity index (χ1) is 10.1. The van der Waals surface area contributed by atoms with Crippen LogP contribution in [0.5, 0.6) is 0 Å². The maximum atomic E-state index is 12.8. The molecule has 3 rings (SSSR count). The van der Waals surface area contributed by atoms with Gasteiger partial charge in [-0.1, -0.05) is 38.1 Å². The molecule has 0 aliphatic rings. The molecular formula is C18H18N2O. The van der Waals surface area contributed by atoms with E-state index in [0.717, 1.165) is 21.9 Å². The fraction of sp³-hybridized carbons (Fsp3) is 0.222. The molecule has 0 aliphatic carbocycles. The van der Waals surface area contributed by atoms with Gasteiger partial charge in [0.1, 0.15) is 5.82 Å². The summed E-state index contributed by atoms with van der Waals surface area (Å²) in [6.45, 7) is 6.25. The molecule has 0 saturated carbocycles. The van der Waals surface area contributed by atoms with Crippen LogP contribution in [0.15, 0.2) is 53.6 Å². The van der Waals surface area contributed by atoms with Crippen molar-refractivity contribution < 1.29 is 0 Å². The molecule has 0 bridgehead atoms. The molecule has 0 spiro atoms. The maximum absolute atomic E-state index is 12.8. The SMILES string of the molecule is Cc1cccnc1-n1cc(C(C)C)c2ccccc2c1=O. The van der Waals surface area contributed by atoms with E-state index in [4.69, 9.17) is 0 Å². The first kappa shape index (κ1) is 13.6. The zero-order chi connectivity index (χ0) is 15.0. The summed E-state index contributed by atoms with van der Waals surface area (Å²) in [6.07, 6.45) is 3.66. The number of fused-ring (bicyclic) bond motifs is 1. The Kier molecular flexibility index (Phi) is 3.34. The van der Waals surface area contributed by atoms with Crippen LogP contribution in [0, 0.1) is 6.92 Å². The van der Waals surface area contributed by atoms with Gasteiger partial charge in [-0.3, -0.25) is 9.36 Å². The molecule has 3 aromatic rings. The molecule has 0 fully saturated rings. The lowest BCUT2D eigenvalue weighted by molar-refractivity contribution is 0.839. The van der Waals surface area contributed by atoms with E-state index < -0.39 is 0 Å². The van der Waals surface area contributed by atoms with Crippen LogP contribution in [0.25, 0.3) is 16.6 Å². The summed E-state index contributed by atoms with van der Waals surface area (Å²) in [4.78, 5) is 17.2. The van der Waals surface area contributed by atoms with Crippen molar-refractivity contribution in [1.82, 2.24) is 9.55 Å². The Morgan fingerprint density at radius 1 is 1.05 bits per heavy atom. The van der Waals surface area contributed by atoms with Gasteiger partial charge in [-0.05, 0) is 41.5 Å². The summed E-state index contributed by atoms with van der Waals surface area (Å²) in [5, 5.41) is 1.77. The summed E-state index contributed by atoms with van der Waals surface area (Å²) in [7, 11) is 0. The van der Waals surface area contributed by atoms with Gasteiger partial charge in [0.15, 0.2) is 0 Å². The van der Waals surface area contributed by atoms with E-state index in [2.05, 4.69) is 18.8 Å². The van der Waals surface area contributed by atoms with Crippen molar-refractivity contribution >= 4 is 10.8 Å². The molecule has 2 heterocycles. The highest BCUT2D eigenvalue weighted by Gasteiger charge is 2.13. The van der Waals surface area contributed by atoms with Crippen molar-refractivity contribution in [2.24, 2.45) is 0 Å². The number of aryl methyl sites for hydroxylation is 1. The van der Waals surface area contributed by atoms with Crippen molar-refractivity contribution in [2.45, 2.75) is 26.7 Å². The molecule has 0 amide bonds. The Balaban J connectivity index is 2.43. The van der Waals surface area contributed by atoms with Crippen molar-refractivity contribution in [1.29, 1.82) is 0 Å². The van der Waals surface area contributed by atoms with Gasteiger partial charge in [-0.25, -0.2) is 4.98 Å². The molecular weight excluding hydrogens is 260 g/mol. The van der Waals surface area contributed by atoms with Gasteiger partial charge in [-0.2, -0.15) is 0 Å². The van der Waals surface area contributed by atoms with Crippen molar-refractivity contribution in [2.75, 3.05) is 0 Å². The fourth-order valence-corrected chi connectivity index (χ4v) is 2.67. The number of hydrogen-bond acceptors (Lipinski definition) is 2. The van der Waals surface area contributed by atoms with Gasteiger partial charge < -0.3 is 0 Å². The normalized spacial score (nSPS) is 11.2. The smallest absolute Gasteiger partial charge is 0.264 e. The van der Waals surface area contributed by atoms with Crippen LogP contribution in [0.4, 0.5) is 0 Å². The minimum atomic E-state index is -0.0169. The highest BCUT2D eigenvalue weighted by molar-refractivity contribution is 5.85. The van der Waals surface area contributed by atoms with Crippen LogP contribution in [0.2, 0.25) is 0 Å². The van der Waals surface area contributed by atoms with Gasteiger partial charge in [0.05, 0.1) is 0 Å². The van der Waals surface area contributed by atoms with Crippen LogP contribution in [0.1, 0.15) is 30.9 Å². The van der Waals surface area contributed by atoms with Crippen molar-refractivity contribution in [3.8, 4) is 5.82 Å². The Morgan fingerprint density at radius 3 is 2.43 bits per heavy atom. The Labute approximate surface area is 123 Å². The molecule has 1 aromatic carbocycles. The molecule has 0 aliphatic heterocycles. The minimum Gasteiger partial charge on any atom is -0.268 e. The summed E-state index contributed by atoms with van der Waals surface area (Å²) in [5.74, 6) is 1.04. The zero-order valence-corrected chi connectivity index (χ0v) is 12.5. The van der Waals surface area contributed by atoms with E-state index >= 15 is 0 Å². The largest absolute Gasteiger partial charge is 0.268 e. The van der Waals surface area contributed by atoms with Gasteiger partial charge >= 0.3 is 0 Å². The highest BCUT2D eigenvalue weighted by Crippen LogP contribution is 2.24. The maximum Gasteiger partial charge on any atom is 0.264 e. The second-order valence-corrected chi connectivity index (χ2v) is 5.60. The number of benzene rings is 1. The van der Waals surface area contributed by atoms with Gasteiger partial charge in [0, 0.05) is 17.8 Å². The number of nitrogens with zero attached hydrogens (tertiary/aromatic N) is 2.